The molecule has 0 atom stereocenters. The Balaban J connectivity index is 2.37. The van der Waals surface area contributed by atoms with Crippen LogP contribution < -0.4 is 5.84 Å². The van der Waals surface area contributed by atoms with Gasteiger partial charge in [-0.3, -0.25) is 0 Å². The number of halogens is 2. The molecule has 0 saturated carbocycles. The number of hydrazone groups is 1. The molecule has 0 unspecified atom stereocenters. The maximum absolute atomic E-state index is 6.00. The first-order chi connectivity index (χ1) is 8.20. The summed E-state index contributed by atoms with van der Waals surface area (Å²) in [6.07, 6.45) is 0. The lowest BCUT2D eigenvalue weighted by atomic mass is 10.1. The van der Waals surface area contributed by atoms with Gasteiger partial charge in [0.05, 0.1) is 5.71 Å². The Kier molecular flexibility index (Phi) is 2.35. The molecule has 0 heterocycles. The van der Waals surface area contributed by atoms with Gasteiger partial charge in [-0.15, -0.1) is 0 Å². The minimum absolute atomic E-state index is 0.670. The van der Waals surface area contributed by atoms with Gasteiger partial charge in [0.15, 0.2) is 0 Å². The molecule has 0 radical (unpaired) electrons. The summed E-state index contributed by atoms with van der Waals surface area (Å²) in [4.78, 5) is 0. The molecule has 0 bridgehead atoms. The van der Waals surface area contributed by atoms with Gasteiger partial charge in [0.1, 0.15) is 0 Å². The lowest BCUT2D eigenvalue weighted by Crippen LogP contribution is -2.01. The van der Waals surface area contributed by atoms with Crippen LogP contribution in [0, 0.1) is 0 Å². The molecule has 0 fully saturated rings. The van der Waals surface area contributed by atoms with Crippen LogP contribution in [-0.4, -0.2) is 5.71 Å². The first kappa shape index (κ1) is 10.6. The van der Waals surface area contributed by atoms with Crippen LogP contribution in [-0.2, 0) is 0 Å². The predicted octanol–water partition coefficient (Wildman–Crippen LogP) is 3.68. The molecule has 0 amide bonds. The summed E-state index contributed by atoms with van der Waals surface area (Å²) in [5.74, 6) is 5.47. The van der Waals surface area contributed by atoms with E-state index in [4.69, 9.17) is 29.0 Å². The first-order valence-electron chi connectivity index (χ1n) is 5.09. The molecular formula is C13H8Cl2N2. The number of rotatable bonds is 0. The van der Waals surface area contributed by atoms with Crippen LogP contribution >= 0.6 is 23.2 Å². The normalized spacial score (nSPS) is 12.2. The van der Waals surface area contributed by atoms with Crippen molar-refractivity contribution in [2.24, 2.45) is 10.9 Å². The van der Waals surface area contributed by atoms with E-state index in [0.717, 1.165) is 28.0 Å². The number of benzene rings is 2. The van der Waals surface area contributed by atoms with Crippen molar-refractivity contribution >= 4 is 28.9 Å². The Bertz CT molecular complexity index is 594. The number of hydrogen-bond donors (Lipinski definition) is 1. The number of hydrogen-bond acceptors (Lipinski definition) is 2. The lowest BCUT2D eigenvalue weighted by Gasteiger charge is -1.99. The summed E-state index contributed by atoms with van der Waals surface area (Å²) in [5.41, 5.74) is 4.82. The van der Waals surface area contributed by atoms with E-state index >= 15 is 0 Å². The average molecular weight is 263 g/mol. The second kappa shape index (κ2) is 3.76. The van der Waals surface area contributed by atoms with Gasteiger partial charge in [-0.25, -0.2) is 0 Å². The summed E-state index contributed by atoms with van der Waals surface area (Å²) >= 11 is 12.0. The third-order valence-corrected chi connectivity index (χ3v) is 3.36. The highest BCUT2D eigenvalue weighted by atomic mass is 35.5. The van der Waals surface area contributed by atoms with Crippen LogP contribution in [0.5, 0.6) is 0 Å². The summed E-state index contributed by atoms with van der Waals surface area (Å²) in [6.45, 7) is 0. The second-order valence-corrected chi connectivity index (χ2v) is 4.73. The van der Waals surface area contributed by atoms with Gasteiger partial charge in [0, 0.05) is 21.2 Å². The Morgan fingerprint density at radius 1 is 0.765 bits per heavy atom. The SMILES string of the molecule is NN=C1c2cc(Cl)ccc2-c2ccc(Cl)cc21. The molecule has 4 heteroatoms. The molecule has 2 aromatic carbocycles. The zero-order valence-electron chi connectivity index (χ0n) is 8.74. The van der Waals surface area contributed by atoms with E-state index in [2.05, 4.69) is 5.10 Å². The van der Waals surface area contributed by atoms with Crippen molar-refractivity contribution in [3.63, 3.8) is 0 Å². The highest BCUT2D eigenvalue weighted by Gasteiger charge is 2.25. The molecule has 0 saturated heterocycles. The Morgan fingerprint density at radius 2 is 1.24 bits per heavy atom. The van der Waals surface area contributed by atoms with Gasteiger partial charge in [0.2, 0.25) is 0 Å². The van der Waals surface area contributed by atoms with Crippen LogP contribution in [0.25, 0.3) is 11.1 Å². The van der Waals surface area contributed by atoms with Crippen molar-refractivity contribution < 1.29 is 0 Å². The van der Waals surface area contributed by atoms with Gasteiger partial charge in [-0.05, 0) is 35.4 Å². The predicted molar refractivity (Wildman–Crippen MR) is 71.7 cm³/mol. The summed E-state index contributed by atoms with van der Waals surface area (Å²) in [7, 11) is 0. The zero-order valence-corrected chi connectivity index (χ0v) is 10.3. The Hall–Kier alpha value is -1.51. The fourth-order valence-electron chi connectivity index (χ4n) is 2.18. The highest BCUT2D eigenvalue weighted by Crippen LogP contribution is 2.39. The fraction of sp³-hybridized carbons (Fsp3) is 0. The maximum atomic E-state index is 6.00. The van der Waals surface area contributed by atoms with Crippen molar-refractivity contribution in [1.82, 2.24) is 0 Å². The molecule has 3 rings (SSSR count). The average Bonchev–Trinajstić information content (AvgIpc) is 2.60. The monoisotopic (exact) mass is 262 g/mol. The first-order valence-corrected chi connectivity index (χ1v) is 5.84. The number of nitrogens with zero attached hydrogens (tertiary/aromatic N) is 1. The maximum Gasteiger partial charge on any atom is 0.0984 e. The molecule has 84 valence electrons. The molecule has 17 heavy (non-hydrogen) atoms. The van der Waals surface area contributed by atoms with E-state index < -0.39 is 0 Å². The summed E-state index contributed by atoms with van der Waals surface area (Å²) < 4.78 is 0. The van der Waals surface area contributed by atoms with Crippen LogP contribution in [0.2, 0.25) is 10.0 Å². The molecule has 0 aliphatic heterocycles. The number of nitrogens with two attached hydrogens (primary N) is 1. The van der Waals surface area contributed by atoms with Crippen LogP contribution in [0.15, 0.2) is 41.5 Å². The molecule has 2 aromatic rings. The molecule has 1 aliphatic rings. The van der Waals surface area contributed by atoms with Crippen molar-refractivity contribution in [2.75, 3.05) is 0 Å². The molecular weight excluding hydrogens is 255 g/mol. The summed E-state index contributed by atoms with van der Waals surface area (Å²) in [5, 5.41) is 5.19. The molecule has 0 spiro atoms. The van der Waals surface area contributed by atoms with Crippen molar-refractivity contribution in [3.8, 4) is 11.1 Å². The molecule has 1 aliphatic carbocycles. The second-order valence-electron chi connectivity index (χ2n) is 3.86. The third-order valence-electron chi connectivity index (χ3n) is 2.89. The van der Waals surface area contributed by atoms with Crippen LogP contribution in [0.1, 0.15) is 11.1 Å². The lowest BCUT2D eigenvalue weighted by molar-refractivity contribution is 1.25. The smallest absolute Gasteiger partial charge is 0.0984 e. The van der Waals surface area contributed by atoms with E-state index in [1.165, 1.54) is 0 Å². The van der Waals surface area contributed by atoms with Gasteiger partial charge < -0.3 is 5.84 Å². The van der Waals surface area contributed by atoms with Crippen LogP contribution in [0.3, 0.4) is 0 Å². The Morgan fingerprint density at radius 3 is 1.65 bits per heavy atom. The minimum atomic E-state index is 0.670. The van der Waals surface area contributed by atoms with E-state index in [0.29, 0.717) is 10.0 Å². The van der Waals surface area contributed by atoms with Gasteiger partial charge in [-0.1, -0.05) is 35.3 Å². The van der Waals surface area contributed by atoms with E-state index in [1.807, 2.05) is 36.4 Å². The third kappa shape index (κ3) is 1.53. The van der Waals surface area contributed by atoms with E-state index in [-0.39, 0.29) is 0 Å². The van der Waals surface area contributed by atoms with Crippen molar-refractivity contribution in [1.29, 1.82) is 0 Å². The van der Waals surface area contributed by atoms with Gasteiger partial charge in [-0.2, -0.15) is 5.10 Å². The van der Waals surface area contributed by atoms with Crippen LogP contribution in [0.4, 0.5) is 0 Å². The van der Waals surface area contributed by atoms with E-state index in [9.17, 15) is 0 Å². The highest BCUT2D eigenvalue weighted by molar-refractivity contribution is 6.34. The quantitative estimate of drug-likeness (QED) is 0.487. The molecule has 2 nitrogen and oxygen atoms in total. The topological polar surface area (TPSA) is 38.4 Å². The van der Waals surface area contributed by atoms with Gasteiger partial charge in [0.25, 0.3) is 0 Å². The van der Waals surface area contributed by atoms with Crippen molar-refractivity contribution in [3.05, 3.63) is 57.6 Å². The number of fused-ring (bicyclic) bond motifs is 3. The molecule has 2 N–H and O–H groups in total. The van der Waals surface area contributed by atoms with E-state index in [1.54, 1.807) is 0 Å². The minimum Gasteiger partial charge on any atom is -0.323 e. The summed E-state index contributed by atoms with van der Waals surface area (Å²) in [6, 6.07) is 11.4. The zero-order chi connectivity index (χ0) is 12.0. The Labute approximate surface area is 109 Å². The standard InChI is InChI=1S/C13H8Cl2N2/c14-7-1-3-9-10-4-2-8(15)6-12(10)13(17-16)11(9)5-7/h1-6H,16H2. The fourth-order valence-corrected chi connectivity index (χ4v) is 2.52. The van der Waals surface area contributed by atoms with Gasteiger partial charge >= 0.3 is 0 Å². The largest absolute Gasteiger partial charge is 0.323 e. The van der Waals surface area contributed by atoms with Crippen molar-refractivity contribution in [2.45, 2.75) is 0 Å². The molecule has 0 aromatic heterocycles.